The van der Waals surface area contributed by atoms with Crippen molar-refractivity contribution in [2.24, 2.45) is 9.98 Å². The molecule has 8 heteroatoms. The van der Waals surface area contributed by atoms with E-state index < -0.39 is 0 Å². The van der Waals surface area contributed by atoms with Gasteiger partial charge in [-0.1, -0.05) is 102 Å². The van der Waals surface area contributed by atoms with Crippen molar-refractivity contribution in [3.8, 4) is 22.3 Å². The van der Waals surface area contributed by atoms with Crippen molar-refractivity contribution >= 4 is 11.4 Å². The van der Waals surface area contributed by atoms with Crippen LogP contribution in [0.15, 0.2) is 190 Å². The van der Waals surface area contributed by atoms with Gasteiger partial charge in [0, 0.05) is 52.5 Å². The molecule has 4 heterocycles. The van der Waals surface area contributed by atoms with Gasteiger partial charge in [-0.15, -0.1) is 5.73 Å². The molecule has 0 saturated carbocycles. The summed E-state index contributed by atoms with van der Waals surface area (Å²) in [6.07, 6.45) is 22.2. The molecule has 1 aliphatic carbocycles. The lowest BCUT2D eigenvalue weighted by molar-refractivity contribution is 0.618. The number of aromatic nitrogens is 2. The van der Waals surface area contributed by atoms with Gasteiger partial charge in [-0.25, -0.2) is 17.6 Å². The second kappa shape index (κ2) is 24.2. The molecule has 0 saturated heterocycles. The fourth-order valence-electron chi connectivity index (χ4n) is 6.40. The van der Waals surface area contributed by atoms with Gasteiger partial charge < -0.3 is 0 Å². The van der Waals surface area contributed by atoms with Crippen LogP contribution >= 0.6 is 0 Å². The first kappa shape index (κ1) is 49.0. The first-order chi connectivity index (χ1) is 31.2. The van der Waals surface area contributed by atoms with E-state index in [9.17, 15) is 17.6 Å². The Bertz CT molecular complexity index is 2790. The first-order valence-corrected chi connectivity index (χ1v) is 21.6. The highest BCUT2D eigenvalue weighted by Crippen LogP contribution is 2.24. The van der Waals surface area contributed by atoms with Crippen LogP contribution in [0.5, 0.6) is 0 Å². The van der Waals surface area contributed by atoms with E-state index >= 15 is 0 Å². The van der Waals surface area contributed by atoms with Crippen LogP contribution in [-0.4, -0.2) is 34.5 Å². The Balaban J connectivity index is 0.000000163. The molecule has 0 fully saturated rings. The van der Waals surface area contributed by atoms with Gasteiger partial charge in [0.15, 0.2) is 0 Å². The average molecular weight is 873 g/mol. The van der Waals surface area contributed by atoms with Crippen LogP contribution in [-0.2, 0) is 0 Å². The molecule has 0 radical (unpaired) electrons. The molecular weight excluding hydrogens is 817 g/mol. The molecule has 2 aliphatic heterocycles. The lowest BCUT2D eigenvalue weighted by Crippen LogP contribution is -2.05. The average Bonchev–Trinajstić information content (AvgIpc) is 3.50. The summed E-state index contributed by atoms with van der Waals surface area (Å²) in [5, 5.41) is 0. The van der Waals surface area contributed by atoms with Gasteiger partial charge in [0.2, 0.25) is 0 Å². The molecule has 2 aromatic heterocycles. The minimum Gasteiger partial charge on any atom is -0.284 e. The van der Waals surface area contributed by atoms with Crippen LogP contribution in [0.2, 0.25) is 0 Å². The molecule has 8 rings (SSSR count). The Kier molecular flexibility index (Phi) is 18.2. The van der Waals surface area contributed by atoms with Crippen LogP contribution < -0.4 is 0 Å². The predicted octanol–water partition coefficient (Wildman–Crippen LogP) is 15.1. The number of rotatable bonds is 4. The topological polar surface area (TPSA) is 50.5 Å². The lowest BCUT2D eigenvalue weighted by Gasteiger charge is -2.09. The molecule has 4 nitrogen and oxygen atoms in total. The number of halogens is 4. The lowest BCUT2D eigenvalue weighted by atomic mass is 10.0. The molecule has 65 heavy (non-hydrogen) atoms. The Hall–Kier alpha value is -7.02. The van der Waals surface area contributed by atoms with Gasteiger partial charge in [-0.05, 0) is 133 Å². The number of hydrogen-bond acceptors (Lipinski definition) is 4. The zero-order valence-electron chi connectivity index (χ0n) is 38.5. The Labute approximate surface area is 382 Å². The van der Waals surface area contributed by atoms with Crippen molar-refractivity contribution in [1.82, 2.24) is 9.97 Å². The highest BCUT2D eigenvalue weighted by Gasteiger charge is 2.13. The third-order valence-electron chi connectivity index (χ3n) is 10.5. The van der Waals surface area contributed by atoms with E-state index in [1.807, 2.05) is 127 Å². The van der Waals surface area contributed by atoms with E-state index in [2.05, 4.69) is 25.7 Å². The van der Waals surface area contributed by atoms with Crippen LogP contribution in [0.25, 0.3) is 22.3 Å². The normalized spacial score (nSPS) is 16.5. The molecule has 3 aromatic carbocycles. The number of allylic oxidation sites excluding steroid dienone is 11. The summed E-state index contributed by atoms with van der Waals surface area (Å²) in [4.78, 5) is 17.2. The van der Waals surface area contributed by atoms with Gasteiger partial charge in [-0.2, -0.15) is 0 Å². The Morgan fingerprint density at radius 1 is 0.523 bits per heavy atom. The van der Waals surface area contributed by atoms with Crippen molar-refractivity contribution in [3.05, 3.63) is 231 Å². The van der Waals surface area contributed by atoms with E-state index in [1.165, 1.54) is 17.2 Å². The molecule has 0 amide bonds. The third-order valence-corrected chi connectivity index (χ3v) is 10.5. The summed E-state index contributed by atoms with van der Waals surface area (Å²) >= 11 is 0. The van der Waals surface area contributed by atoms with Crippen LogP contribution in [0, 0.1) is 52.1 Å². The smallest absolute Gasteiger partial charge is 0.136 e. The summed E-state index contributed by atoms with van der Waals surface area (Å²) in [6.45, 7) is 16.5. The molecule has 0 bridgehead atoms. The van der Waals surface area contributed by atoms with Crippen molar-refractivity contribution in [1.29, 1.82) is 0 Å². The maximum Gasteiger partial charge on any atom is 0.136 e. The SMILES string of the molecule is CC1=CCN=C(C2=C=C/C=C(/C)C/C=C\2F)C/C=C\1.CC1=CCN=C(c2ccc(C)c(F)c2)C=C1.Cc1ccc(-c2ccc(C)c(F)c2)cn1.Cc1ccc(-c2ccc(C)nc2)c(F)c1. The zero-order valence-corrected chi connectivity index (χ0v) is 38.5. The van der Waals surface area contributed by atoms with Gasteiger partial charge in [0.05, 0.1) is 30.1 Å². The minimum atomic E-state index is -0.225. The van der Waals surface area contributed by atoms with E-state index in [0.717, 1.165) is 56.2 Å². The number of benzene rings is 3. The number of hydrogen-bond donors (Lipinski definition) is 0. The minimum absolute atomic E-state index is 0.173. The summed E-state index contributed by atoms with van der Waals surface area (Å²) < 4.78 is 54.5. The zero-order chi connectivity index (χ0) is 46.9. The van der Waals surface area contributed by atoms with Crippen molar-refractivity contribution in [3.63, 3.8) is 0 Å². The van der Waals surface area contributed by atoms with E-state index in [4.69, 9.17) is 0 Å². The highest BCUT2D eigenvalue weighted by atomic mass is 19.1. The molecule has 0 N–H and O–H groups in total. The second-order valence-electron chi connectivity index (χ2n) is 16.1. The van der Waals surface area contributed by atoms with Gasteiger partial charge in [0.1, 0.15) is 23.3 Å². The molecular formula is C57H56F4N4. The molecule has 3 aliphatic rings. The van der Waals surface area contributed by atoms with Crippen LogP contribution in [0.1, 0.15) is 67.3 Å². The van der Waals surface area contributed by atoms with Crippen LogP contribution in [0.4, 0.5) is 17.6 Å². The molecule has 0 spiro atoms. The van der Waals surface area contributed by atoms with E-state index in [1.54, 1.807) is 68.7 Å². The molecule has 332 valence electrons. The van der Waals surface area contributed by atoms with Gasteiger partial charge >= 0.3 is 0 Å². The van der Waals surface area contributed by atoms with E-state index in [0.29, 0.717) is 48.2 Å². The number of aryl methyl sites for hydroxylation is 5. The standard InChI is InChI=1S/C17H18FN.C14H14FN.2C13H12FN/c1-13-5-3-7-15(16(18)10-9-13)17-8-4-6-14(2)11-12-19-17;1-10-3-6-14(16-8-7-10)12-5-4-11(2)13(15)9-12;1-9-3-6-12(13(14)7-9)11-5-4-10(2)15-8-11;1-9-3-5-11(7-13(9)14)12-6-4-10(2)15-8-12/h3-6,10-11H,8-9,12H2,1-2H3;3-7,9H,8H2,1-2H3;2*3-8H,1-2H3/b6-4-,13-5-,14-11?,16-10+,19-17?;;;. The Morgan fingerprint density at radius 3 is 1.75 bits per heavy atom. The largest absolute Gasteiger partial charge is 0.284 e. The second-order valence-corrected chi connectivity index (χ2v) is 16.1. The van der Waals surface area contributed by atoms with Crippen molar-refractivity contribution < 1.29 is 17.6 Å². The van der Waals surface area contributed by atoms with Crippen molar-refractivity contribution in [2.45, 2.75) is 68.2 Å². The molecule has 0 unspecified atom stereocenters. The quantitative estimate of drug-likeness (QED) is 0.133. The fourth-order valence-corrected chi connectivity index (χ4v) is 6.40. The molecule has 0 atom stereocenters. The summed E-state index contributed by atoms with van der Waals surface area (Å²) in [6, 6.07) is 23.3. The maximum atomic E-state index is 14.2. The first-order valence-electron chi connectivity index (χ1n) is 21.6. The van der Waals surface area contributed by atoms with Gasteiger partial charge in [-0.3, -0.25) is 20.0 Å². The monoisotopic (exact) mass is 872 g/mol. The highest BCUT2D eigenvalue weighted by molar-refractivity contribution is 6.09. The summed E-state index contributed by atoms with van der Waals surface area (Å²) in [7, 11) is 0. The maximum absolute atomic E-state index is 14.2. The Morgan fingerprint density at radius 2 is 1.12 bits per heavy atom. The third kappa shape index (κ3) is 15.3. The predicted molar refractivity (Wildman–Crippen MR) is 263 cm³/mol. The fraction of sp³-hybridized carbons (Fsp3) is 0.211. The van der Waals surface area contributed by atoms with E-state index in [-0.39, 0.29) is 23.3 Å². The summed E-state index contributed by atoms with van der Waals surface area (Å²) in [5.41, 5.74) is 16.8. The van der Waals surface area contributed by atoms with Crippen LogP contribution in [0.3, 0.4) is 0 Å². The number of nitrogens with zero attached hydrogens (tertiary/aromatic N) is 4. The summed E-state index contributed by atoms with van der Waals surface area (Å²) in [5.74, 6) is -0.770. The van der Waals surface area contributed by atoms with Crippen molar-refractivity contribution in [2.75, 3.05) is 13.1 Å². The number of aliphatic imine (C=N–C) groups is 2. The number of pyridine rings is 2. The molecule has 5 aromatic rings. The van der Waals surface area contributed by atoms with Gasteiger partial charge in [0.25, 0.3) is 0 Å².